The molecule has 0 bridgehead atoms. The van der Waals surface area contributed by atoms with E-state index in [2.05, 4.69) is 199 Å². The van der Waals surface area contributed by atoms with Crippen LogP contribution < -0.4 is 4.90 Å². The van der Waals surface area contributed by atoms with Crippen LogP contribution in [0, 0.1) is 0 Å². The summed E-state index contributed by atoms with van der Waals surface area (Å²) in [4.78, 5) is 2.29. The molecule has 0 aliphatic carbocycles. The average molecular weight is 754 g/mol. The Morgan fingerprint density at radius 3 is 1.53 bits per heavy atom. The number of furan rings is 2. The Hall–Kier alpha value is -7.88. The largest absolute Gasteiger partial charge is 0.456 e. The van der Waals surface area contributed by atoms with Crippen LogP contribution >= 0.6 is 0 Å². The maximum atomic E-state index is 7.00. The average Bonchev–Trinajstić information content (AvgIpc) is 3.89. The molecule has 0 spiro atoms. The summed E-state index contributed by atoms with van der Waals surface area (Å²) < 4.78 is 13.4. The molecule has 59 heavy (non-hydrogen) atoms. The Balaban J connectivity index is 1.02. The Labute approximate surface area is 340 Å². The van der Waals surface area contributed by atoms with Crippen molar-refractivity contribution in [2.75, 3.05) is 4.90 Å². The summed E-state index contributed by atoms with van der Waals surface area (Å²) in [5, 5.41) is 9.25. The normalized spacial score (nSPS) is 11.7. The lowest BCUT2D eigenvalue weighted by atomic mass is 9.89. The van der Waals surface area contributed by atoms with Crippen LogP contribution in [0.5, 0.6) is 0 Å². The van der Waals surface area contributed by atoms with Gasteiger partial charge in [0.15, 0.2) is 0 Å². The van der Waals surface area contributed by atoms with Crippen LogP contribution in [0.1, 0.15) is 0 Å². The third kappa shape index (κ3) is 5.36. The van der Waals surface area contributed by atoms with Crippen molar-refractivity contribution in [3.8, 4) is 33.4 Å². The molecule has 0 atom stereocenters. The van der Waals surface area contributed by atoms with Crippen molar-refractivity contribution in [3.63, 3.8) is 0 Å². The van der Waals surface area contributed by atoms with Crippen molar-refractivity contribution in [1.29, 1.82) is 0 Å². The summed E-state index contributed by atoms with van der Waals surface area (Å²) in [6, 6.07) is 75.5. The second-order valence-corrected chi connectivity index (χ2v) is 15.2. The first kappa shape index (κ1) is 33.3. The Morgan fingerprint density at radius 2 is 0.814 bits per heavy atom. The number of hydrogen-bond acceptors (Lipinski definition) is 3. The van der Waals surface area contributed by atoms with Crippen molar-refractivity contribution in [3.05, 3.63) is 212 Å². The van der Waals surface area contributed by atoms with E-state index in [1.54, 1.807) is 0 Å². The first-order valence-corrected chi connectivity index (χ1v) is 20.1. The molecule has 12 aromatic rings. The smallest absolute Gasteiger partial charge is 0.143 e. The molecule has 0 saturated heterocycles. The van der Waals surface area contributed by atoms with Gasteiger partial charge in [-0.1, -0.05) is 146 Å². The monoisotopic (exact) mass is 753 g/mol. The highest BCUT2D eigenvalue weighted by atomic mass is 16.3. The maximum absolute atomic E-state index is 7.00. The molecule has 0 unspecified atom stereocenters. The van der Waals surface area contributed by atoms with E-state index in [-0.39, 0.29) is 0 Å². The Morgan fingerprint density at radius 1 is 0.288 bits per heavy atom. The van der Waals surface area contributed by atoms with Crippen LogP contribution in [0.3, 0.4) is 0 Å². The molecule has 3 nitrogen and oxygen atoms in total. The zero-order valence-electron chi connectivity index (χ0n) is 32.0. The van der Waals surface area contributed by atoms with Crippen LogP contribution in [-0.2, 0) is 0 Å². The predicted octanol–water partition coefficient (Wildman–Crippen LogP) is 16.3. The molecule has 0 fully saturated rings. The number of benzene rings is 10. The number of anilines is 3. The summed E-state index contributed by atoms with van der Waals surface area (Å²) >= 11 is 0. The van der Waals surface area contributed by atoms with E-state index >= 15 is 0 Å². The van der Waals surface area contributed by atoms with Crippen molar-refractivity contribution in [2.24, 2.45) is 0 Å². The molecule has 0 aliphatic rings. The van der Waals surface area contributed by atoms with E-state index in [0.717, 1.165) is 88.8 Å². The lowest BCUT2D eigenvalue weighted by Crippen LogP contribution is -2.09. The van der Waals surface area contributed by atoms with Crippen LogP contribution in [0.2, 0.25) is 0 Å². The lowest BCUT2D eigenvalue weighted by Gasteiger charge is -2.25. The molecule has 2 aromatic heterocycles. The van der Waals surface area contributed by atoms with Crippen molar-refractivity contribution in [2.45, 2.75) is 0 Å². The second kappa shape index (κ2) is 13.4. The fourth-order valence-electron chi connectivity index (χ4n) is 9.15. The molecular formula is C56H35NO2. The van der Waals surface area contributed by atoms with Gasteiger partial charge in [-0.15, -0.1) is 0 Å². The zero-order valence-corrected chi connectivity index (χ0v) is 32.0. The Kier molecular flexibility index (Phi) is 7.54. The number of para-hydroxylation sites is 3. The summed E-state index contributed by atoms with van der Waals surface area (Å²) in [6.45, 7) is 0. The fourth-order valence-corrected chi connectivity index (χ4v) is 9.15. The molecule has 276 valence electrons. The van der Waals surface area contributed by atoms with Gasteiger partial charge in [0, 0.05) is 44.2 Å². The van der Waals surface area contributed by atoms with Gasteiger partial charge in [-0.25, -0.2) is 0 Å². The molecule has 0 radical (unpaired) electrons. The molecule has 10 aromatic carbocycles. The van der Waals surface area contributed by atoms with Gasteiger partial charge in [-0.05, 0) is 116 Å². The minimum Gasteiger partial charge on any atom is -0.456 e. The number of nitrogens with zero attached hydrogens (tertiary/aromatic N) is 1. The molecule has 12 rings (SSSR count). The van der Waals surface area contributed by atoms with Crippen LogP contribution in [0.4, 0.5) is 17.1 Å². The van der Waals surface area contributed by atoms with E-state index < -0.39 is 0 Å². The van der Waals surface area contributed by atoms with Crippen molar-refractivity contribution in [1.82, 2.24) is 0 Å². The van der Waals surface area contributed by atoms with E-state index in [1.165, 1.54) is 27.1 Å². The third-order valence-electron chi connectivity index (χ3n) is 11.9. The van der Waals surface area contributed by atoms with Gasteiger partial charge in [-0.3, -0.25) is 0 Å². The summed E-state index contributed by atoms with van der Waals surface area (Å²) in [5.41, 5.74) is 13.5. The molecule has 0 amide bonds. The third-order valence-corrected chi connectivity index (χ3v) is 11.9. The van der Waals surface area contributed by atoms with Gasteiger partial charge in [0.2, 0.25) is 0 Å². The SMILES string of the molecule is c1ccc(N(c2ccccc2)c2ccc(-c3ccc(-c4ccc(-c5cc6ccccc6c6ccccc56)c5c4oc4ccc6oc7ccccc7c6c45)cc3)cc2)cc1. The van der Waals surface area contributed by atoms with Gasteiger partial charge in [0.25, 0.3) is 0 Å². The Bertz CT molecular complexity index is 3490. The highest BCUT2D eigenvalue weighted by molar-refractivity contribution is 6.30. The van der Waals surface area contributed by atoms with Crippen LogP contribution in [0.25, 0.3) is 98.8 Å². The van der Waals surface area contributed by atoms with Gasteiger partial charge in [0.1, 0.15) is 22.3 Å². The summed E-state index contributed by atoms with van der Waals surface area (Å²) in [6.07, 6.45) is 0. The first-order chi connectivity index (χ1) is 29.3. The molecule has 0 saturated carbocycles. The highest BCUT2D eigenvalue weighted by Gasteiger charge is 2.23. The van der Waals surface area contributed by atoms with Gasteiger partial charge < -0.3 is 13.7 Å². The van der Waals surface area contributed by atoms with Gasteiger partial charge in [0.05, 0.1) is 0 Å². The minimum absolute atomic E-state index is 0.842. The van der Waals surface area contributed by atoms with Crippen LogP contribution in [0.15, 0.2) is 221 Å². The molecule has 3 heteroatoms. The van der Waals surface area contributed by atoms with E-state index in [1.807, 2.05) is 18.2 Å². The van der Waals surface area contributed by atoms with E-state index in [0.29, 0.717) is 0 Å². The number of hydrogen-bond donors (Lipinski definition) is 0. The molecule has 0 N–H and O–H groups in total. The second-order valence-electron chi connectivity index (χ2n) is 15.2. The number of rotatable bonds is 6. The molecule has 0 aliphatic heterocycles. The van der Waals surface area contributed by atoms with E-state index in [4.69, 9.17) is 8.83 Å². The fraction of sp³-hybridized carbons (Fsp3) is 0. The summed E-state index contributed by atoms with van der Waals surface area (Å²) in [5.74, 6) is 0. The lowest BCUT2D eigenvalue weighted by molar-refractivity contribution is 0.663. The minimum atomic E-state index is 0.842. The van der Waals surface area contributed by atoms with Gasteiger partial charge in [-0.2, -0.15) is 0 Å². The first-order valence-electron chi connectivity index (χ1n) is 20.1. The summed E-state index contributed by atoms with van der Waals surface area (Å²) in [7, 11) is 0. The van der Waals surface area contributed by atoms with Crippen LogP contribution in [-0.4, -0.2) is 0 Å². The standard InChI is InChI=1S/C56H35NO2/c1-3-14-40(15-4-1)57(41-16-5-2-6-17-41)42-29-27-37(28-30-42)36-23-25-38(26-24-36)44-31-32-47(49-35-39-13-7-8-18-43(39)45-19-9-10-20-46(45)49)54-55-52(59-56(44)54)34-33-51-53(55)48-21-11-12-22-50(48)58-51/h1-35H. The van der Waals surface area contributed by atoms with E-state index in [9.17, 15) is 0 Å². The quantitative estimate of drug-likeness (QED) is 0.158. The van der Waals surface area contributed by atoms with Crippen molar-refractivity contribution < 1.29 is 8.83 Å². The predicted molar refractivity (Wildman–Crippen MR) is 247 cm³/mol. The van der Waals surface area contributed by atoms with Gasteiger partial charge >= 0.3 is 0 Å². The number of fused-ring (bicyclic) bond motifs is 10. The molecular weight excluding hydrogens is 719 g/mol. The maximum Gasteiger partial charge on any atom is 0.143 e. The highest BCUT2D eigenvalue weighted by Crippen LogP contribution is 2.48. The molecule has 2 heterocycles. The topological polar surface area (TPSA) is 29.5 Å². The van der Waals surface area contributed by atoms with Crippen molar-refractivity contribution >= 4 is 82.5 Å². The zero-order chi connectivity index (χ0) is 38.9.